The molecule has 0 spiro atoms. The number of hydrogen-bond donors (Lipinski definition) is 1. The lowest BCUT2D eigenvalue weighted by Crippen LogP contribution is -2.53. The van der Waals surface area contributed by atoms with Crippen molar-refractivity contribution in [2.75, 3.05) is 19.6 Å². The Bertz CT molecular complexity index is 400. The average Bonchev–Trinajstić information content (AvgIpc) is 3.22. The molecule has 1 aromatic rings. The number of benzene rings is 1. The third-order valence-corrected chi connectivity index (χ3v) is 4.79. The minimum absolute atomic E-state index is 0.0746. The Hall–Kier alpha value is -0.380. The maximum Gasteiger partial charge on any atom is 0.0343 e. The summed E-state index contributed by atoms with van der Waals surface area (Å²) in [4.78, 5) is 2.58. The quantitative estimate of drug-likeness (QED) is 0.832. The highest BCUT2D eigenvalue weighted by Crippen LogP contribution is 2.32. The fourth-order valence-corrected chi connectivity index (χ4v) is 2.96. The molecule has 106 valence electrons. The van der Waals surface area contributed by atoms with Crippen LogP contribution in [0.5, 0.6) is 0 Å². The predicted octanol–water partition coefficient (Wildman–Crippen LogP) is 3.44. The summed E-state index contributed by atoms with van der Waals surface area (Å²) in [5.74, 6) is 0.913. The van der Waals surface area contributed by atoms with Gasteiger partial charge in [0.05, 0.1) is 0 Å². The highest BCUT2D eigenvalue weighted by atomic mass is 79.9. The van der Waals surface area contributed by atoms with Gasteiger partial charge in [0.1, 0.15) is 0 Å². The summed E-state index contributed by atoms with van der Waals surface area (Å²) < 4.78 is 1.14. The van der Waals surface area contributed by atoms with E-state index in [4.69, 9.17) is 5.73 Å². The van der Waals surface area contributed by atoms with Gasteiger partial charge < -0.3 is 5.73 Å². The fraction of sp³-hybridized carbons (Fsp3) is 0.625. The summed E-state index contributed by atoms with van der Waals surface area (Å²) in [6, 6.07) is 8.62. The van der Waals surface area contributed by atoms with Gasteiger partial charge >= 0.3 is 0 Å². The molecule has 2 nitrogen and oxygen atoms in total. The van der Waals surface area contributed by atoms with E-state index in [1.165, 1.54) is 24.9 Å². The van der Waals surface area contributed by atoms with Crippen molar-refractivity contribution < 1.29 is 0 Å². The van der Waals surface area contributed by atoms with Crippen LogP contribution in [-0.2, 0) is 6.42 Å². The third kappa shape index (κ3) is 4.04. The van der Waals surface area contributed by atoms with Crippen LogP contribution < -0.4 is 5.73 Å². The van der Waals surface area contributed by atoms with Crippen molar-refractivity contribution in [3.05, 3.63) is 34.3 Å². The topological polar surface area (TPSA) is 29.3 Å². The average molecular weight is 325 g/mol. The molecule has 0 saturated heterocycles. The van der Waals surface area contributed by atoms with Gasteiger partial charge in [-0.15, -0.1) is 0 Å². The van der Waals surface area contributed by atoms with Gasteiger partial charge in [0.15, 0.2) is 0 Å². The second-order valence-electron chi connectivity index (χ2n) is 5.99. The van der Waals surface area contributed by atoms with Crippen LogP contribution >= 0.6 is 15.9 Å². The van der Waals surface area contributed by atoms with Gasteiger partial charge in [0, 0.05) is 23.1 Å². The standard InChI is InChI=1S/C16H25BrN2/c1-3-19(11-14-4-5-14)16(2,12-18)10-13-6-8-15(17)9-7-13/h6-9,14H,3-5,10-12,18H2,1-2H3. The van der Waals surface area contributed by atoms with Gasteiger partial charge in [-0.3, -0.25) is 4.90 Å². The first-order valence-electron chi connectivity index (χ1n) is 7.27. The molecule has 1 saturated carbocycles. The van der Waals surface area contributed by atoms with Crippen LogP contribution in [0.3, 0.4) is 0 Å². The first-order chi connectivity index (χ1) is 9.07. The number of nitrogens with zero attached hydrogens (tertiary/aromatic N) is 1. The molecule has 0 amide bonds. The van der Waals surface area contributed by atoms with Crippen LogP contribution in [0.25, 0.3) is 0 Å². The molecule has 1 aliphatic carbocycles. The van der Waals surface area contributed by atoms with Crippen molar-refractivity contribution in [3.8, 4) is 0 Å². The Balaban J connectivity index is 2.08. The van der Waals surface area contributed by atoms with Crippen LogP contribution in [0.15, 0.2) is 28.7 Å². The highest BCUT2D eigenvalue weighted by Gasteiger charge is 2.34. The molecule has 1 atom stereocenters. The number of hydrogen-bond acceptors (Lipinski definition) is 2. The summed E-state index contributed by atoms with van der Waals surface area (Å²) in [5.41, 5.74) is 7.55. The minimum atomic E-state index is 0.0746. The van der Waals surface area contributed by atoms with Crippen molar-refractivity contribution in [3.63, 3.8) is 0 Å². The molecule has 1 fully saturated rings. The van der Waals surface area contributed by atoms with Crippen LogP contribution in [-0.4, -0.2) is 30.1 Å². The maximum absolute atomic E-state index is 6.11. The van der Waals surface area contributed by atoms with E-state index >= 15 is 0 Å². The number of likely N-dealkylation sites (N-methyl/N-ethyl adjacent to an activating group) is 1. The third-order valence-electron chi connectivity index (χ3n) is 4.26. The molecule has 0 bridgehead atoms. The number of nitrogens with two attached hydrogens (primary N) is 1. The van der Waals surface area contributed by atoms with E-state index in [-0.39, 0.29) is 5.54 Å². The molecular formula is C16H25BrN2. The van der Waals surface area contributed by atoms with E-state index in [0.29, 0.717) is 6.54 Å². The smallest absolute Gasteiger partial charge is 0.0343 e. The first kappa shape index (κ1) is 15.0. The number of halogens is 1. The van der Waals surface area contributed by atoms with Crippen LogP contribution in [0.1, 0.15) is 32.3 Å². The van der Waals surface area contributed by atoms with Crippen LogP contribution in [0.4, 0.5) is 0 Å². The zero-order valence-corrected chi connectivity index (χ0v) is 13.6. The van der Waals surface area contributed by atoms with Crippen molar-refractivity contribution in [2.24, 2.45) is 11.7 Å². The summed E-state index contributed by atoms with van der Waals surface area (Å²) >= 11 is 3.49. The van der Waals surface area contributed by atoms with Gasteiger partial charge in [-0.05, 0) is 56.3 Å². The lowest BCUT2D eigenvalue weighted by molar-refractivity contribution is 0.111. The summed E-state index contributed by atoms with van der Waals surface area (Å²) in [7, 11) is 0. The van der Waals surface area contributed by atoms with Gasteiger partial charge in [-0.2, -0.15) is 0 Å². The molecule has 0 heterocycles. The van der Waals surface area contributed by atoms with Gasteiger partial charge in [0.25, 0.3) is 0 Å². The Morgan fingerprint density at radius 2 is 1.95 bits per heavy atom. The van der Waals surface area contributed by atoms with Crippen molar-refractivity contribution >= 4 is 15.9 Å². The molecule has 0 aromatic heterocycles. The summed E-state index contributed by atoms with van der Waals surface area (Å²) in [6.07, 6.45) is 3.82. The van der Waals surface area contributed by atoms with E-state index in [1.807, 2.05) is 0 Å². The normalized spacial score (nSPS) is 18.6. The van der Waals surface area contributed by atoms with Crippen LogP contribution in [0.2, 0.25) is 0 Å². The van der Waals surface area contributed by atoms with E-state index in [2.05, 4.69) is 58.9 Å². The van der Waals surface area contributed by atoms with E-state index in [0.717, 1.165) is 23.4 Å². The first-order valence-corrected chi connectivity index (χ1v) is 8.06. The van der Waals surface area contributed by atoms with Gasteiger partial charge in [-0.25, -0.2) is 0 Å². The van der Waals surface area contributed by atoms with Crippen molar-refractivity contribution in [1.82, 2.24) is 4.90 Å². The van der Waals surface area contributed by atoms with E-state index in [9.17, 15) is 0 Å². The molecule has 0 aliphatic heterocycles. The summed E-state index contributed by atoms with van der Waals surface area (Å²) in [5, 5.41) is 0. The second-order valence-corrected chi connectivity index (χ2v) is 6.90. The van der Waals surface area contributed by atoms with E-state index in [1.54, 1.807) is 0 Å². The predicted molar refractivity (Wildman–Crippen MR) is 85.3 cm³/mol. The number of rotatable bonds is 7. The monoisotopic (exact) mass is 324 g/mol. The highest BCUT2D eigenvalue weighted by molar-refractivity contribution is 9.10. The molecule has 0 radical (unpaired) electrons. The lowest BCUT2D eigenvalue weighted by atomic mass is 9.90. The van der Waals surface area contributed by atoms with Crippen molar-refractivity contribution in [2.45, 2.75) is 38.6 Å². The van der Waals surface area contributed by atoms with Gasteiger partial charge in [-0.1, -0.05) is 35.0 Å². The molecule has 3 heteroatoms. The Kier molecular flexibility index (Phi) is 5.04. The molecule has 19 heavy (non-hydrogen) atoms. The van der Waals surface area contributed by atoms with Gasteiger partial charge in [0.2, 0.25) is 0 Å². The lowest BCUT2D eigenvalue weighted by Gasteiger charge is -2.40. The fourth-order valence-electron chi connectivity index (χ4n) is 2.70. The van der Waals surface area contributed by atoms with Crippen LogP contribution in [0, 0.1) is 5.92 Å². The Morgan fingerprint density at radius 1 is 1.32 bits per heavy atom. The molecule has 1 aliphatic rings. The molecule has 1 unspecified atom stereocenters. The zero-order chi connectivity index (χ0) is 13.9. The molecule has 1 aromatic carbocycles. The maximum atomic E-state index is 6.11. The summed E-state index contributed by atoms with van der Waals surface area (Å²) in [6.45, 7) is 7.56. The largest absolute Gasteiger partial charge is 0.329 e. The van der Waals surface area contributed by atoms with Crippen molar-refractivity contribution in [1.29, 1.82) is 0 Å². The molecular weight excluding hydrogens is 300 g/mol. The second kappa shape index (κ2) is 6.38. The molecule has 2 rings (SSSR count). The Labute approximate surface area is 125 Å². The Morgan fingerprint density at radius 3 is 2.42 bits per heavy atom. The zero-order valence-electron chi connectivity index (χ0n) is 12.0. The SMILES string of the molecule is CCN(CC1CC1)C(C)(CN)Cc1ccc(Br)cc1. The molecule has 2 N–H and O–H groups in total. The van der Waals surface area contributed by atoms with E-state index < -0.39 is 0 Å². The minimum Gasteiger partial charge on any atom is -0.329 e.